The minimum absolute atomic E-state index is 0.0915. The molecule has 0 aromatic carbocycles. The molecule has 2 rings (SSSR count). The topological polar surface area (TPSA) is 92.2 Å². The molecule has 0 atom stereocenters. The zero-order chi connectivity index (χ0) is 13.8. The van der Waals surface area contributed by atoms with E-state index in [1.165, 1.54) is 28.9 Å². The van der Waals surface area contributed by atoms with E-state index in [0.717, 1.165) is 0 Å². The molecule has 19 heavy (non-hydrogen) atoms. The van der Waals surface area contributed by atoms with Crippen molar-refractivity contribution in [3.05, 3.63) is 32.2 Å². The molecule has 0 aliphatic heterocycles. The predicted octanol–water partition coefficient (Wildman–Crippen LogP) is 1.58. The number of carboxylic acid groups (broad SMARTS) is 1. The summed E-state index contributed by atoms with van der Waals surface area (Å²) in [6.07, 6.45) is 2.03. The third-order valence-electron chi connectivity index (χ3n) is 2.32. The van der Waals surface area contributed by atoms with Crippen LogP contribution in [0, 0.1) is 6.92 Å². The molecule has 0 unspecified atom stereocenters. The highest BCUT2D eigenvalue weighted by molar-refractivity contribution is 7.12. The molecule has 0 saturated carbocycles. The molecule has 2 aromatic rings. The normalized spacial score (nSPS) is 10.4. The number of nitrogens with one attached hydrogen (secondary N) is 1. The van der Waals surface area contributed by atoms with E-state index in [1.807, 2.05) is 0 Å². The molecule has 2 N–H and O–H groups in total. The summed E-state index contributed by atoms with van der Waals surface area (Å²) in [4.78, 5) is 31.6. The van der Waals surface area contributed by atoms with Gasteiger partial charge in [0.05, 0.1) is 16.7 Å². The van der Waals surface area contributed by atoms with Crippen LogP contribution in [0.25, 0.3) is 0 Å². The second-order valence-electron chi connectivity index (χ2n) is 3.69. The summed E-state index contributed by atoms with van der Waals surface area (Å²) in [6, 6.07) is 0. The van der Waals surface area contributed by atoms with E-state index in [4.69, 9.17) is 5.11 Å². The molecule has 0 radical (unpaired) electrons. The molecule has 8 heteroatoms. The lowest BCUT2D eigenvalue weighted by Gasteiger charge is -2.00. The van der Waals surface area contributed by atoms with Crippen molar-refractivity contribution >= 4 is 34.6 Å². The van der Waals surface area contributed by atoms with Gasteiger partial charge in [-0.25, -0.2) is 9.78 Å². The molecule has 0 saturated heterocycles. The highest BCUT2D eigenvalue weighted by atomic mass is 32.1. The van der Waals surface area contributed by atoms with Crippen LogP contribution in [0.3, 0.4) is 0 Å². The molecule has 2 aromatic heterocycles. The Labute approximate surface area is 117 Å². The van der Waals surface area contributed by atoms with Gasteiger partial charge in [-0.2, -0.15) is 0 Å². The minimum Gasteiger partial charge on any atom is -0.476 e. The second-order valence-corrected chi connectivity index (χ2v) is 5.86. The molecule has 0 bridgehead atoms. The third-order valence-corrected chi connectivity index (χ3v) is 4.13. The van der Waals surface area contributed by atoms with E-state index >= 15 is 0 Å². The molecule has 0 fully saturated rings. The first-order valence-corrected chi connectivity index (χ1v) is 7.14. The van der Waals surface area contributed by atoms with Crippen LogP contribution in [-0.2, 0) is 6.42 Å². The molecular weight excluding hydrogens is 286 g/mol. The van der Waals surface area contributed by atoms with Crippen LogP contribution >= 0.6 is 22.7 Å². The average Bonchev–Trinajstić information content (AvgIpc) is 2.98. The van der Waals surface area contributed by atoms with Crippen molar-refractivity contribution in [2.75, 3.05) is 6.54 Å². The average molecular weight is 297 g/mol. The van der Waals surface area contributed by atoms with Crippen LogP contribution in [-0.4, -0.2) is 33.5 Å². The van der Waals surface area contributed by atoms with Gasteiger partial charge in [-0.3, -0.25) is 9.78 Å². The number of hydrogen-bond donors (Lipinski definition) is 2. The van der Waals surface area contributed by atoms with Crippen molar-refractivity contribution < 1.29 is 14.7 Å². The number of aromatic carboxylic acids is 1. The zero-order valence-electron chi connectivity index (χ0n) is 10.0. The Kier molecular flexibility index (Phi) is 4.23. The van der Waals surface area contributed by atoms with Gasteiger partial charge in [-0.15, -0.1) is 22.7 Å². The summed E-state index contributed by atoms with van der Waals surface area (Å²) in [5.41, 5.74) is 1.69. The Morgan fingerprint density at radius 2 is 2.26 bits per heavy atom. The molecular formula is C11H11N3O3S2. The number of nitrogens with zero attached hydrogens (tertiary/aromatic N) is 2. The summed E-state index contributed by atoms with van der Waals surface area (Å²) in [6.45, 7) is 2.14. The maximum absolute atomic E-state index is 11.6. The maximum atomic E-state index is 11.6. The number of rotatable bonds is 5. The molecule has 0 aliphatic rings. The first kappa shape index (κ1) is 13.6. The summed E-state index contributed by atoms with van der Waals surface area (Å²) in [5.74, 6) is -1.19. The van der Waals surface area contributed by atoms with Crippen molar-refractivity contribution in [1.29, 1.82) is 0 Å². The number of carbonyl (C=O) groups excluding carboxylic acids is 1. The first-order chi connectivity index (χ1) is 9.08. The van der Waals surface area contributed by atoms with Crippen molar-refractivity contribution in [3.63, 3.8) is 0 Å². The van der Waals surface area contributed by atoms with Crippen LogP contribution in [0.15, 0.2) is 11.7 Å². The number of hydrogen-bond acceptors (Lipinski definition) is 6. The fraction of sp³-hybridized carbons (Fsp3) is 0.273. The monoisotopic (exact) mass is 297 g/mol. The highest BCUT2D eigenvalue weighted by Crippen LogP contribution is 2.17. The molecule has 2 heterocycles. The van der Waals surface area contributed by atoms with E-state index in [9.17, 15) is 9.59 Å². The molecule has 6 nitrogen and oxygen atoms in total. The number of amides is 1. The Balaban J connectivity index is 1.88. The van der Waals surface area contributed by atoms with E-state index in [0.29, 0.717) is 27.7 Å². The lowest BCUT2D eigenvalue weighted by atomic mass is 10.4. The van der Waals surface area contributed by atoms with Gasteiger partial charge in [0.15, 0.2) is 5.69 Å². The van der Waals surface area contributed by atoms with Crippen molar-refractivity contribution in [3.8, 4) is 0 Å². The van der Waals surface area contributed by atoms with Crippen LogP contribution in [0.2, 0.25) is 0 Å². The Morgan fingerprint density at radius 3 is 2.84 bits per heavy atom. The van der Waals surface area contributed by atoms with E-state index in [1.54, 1.807) is 12.4 Å². The SMILES string of the molecule is Cc1sc(CCNC(=O)c2cncs2)nc1C(=O)O. The lowest BCUT2D eigenvalue weighted by molar-refractivity contribution is 0.0690. The van der Waals surface area contributed by atoms with Crippen molar-refractivity contribution in [2.45, 2.75) is 13.3 Å². The molecule has 0 spiro atoms. The Hall–Kier alpha value is -1.80. The van der Waals surface area contributed by atoms with E-state index in [2.05, 4.69) is 15.3 Å². The fourth-order valence-corrected chi connectivity index (χ4v) is 2.91. The molecule has 0 aliphatic carbocycles. The Bertz CT molecular complexity index is 592. The highest BCUT2D eigenvalue weighted by Gasteiger charge is 2.14. The summed E-state index contributed by atoms with van der Waals surface area (Å²) in [7, 11) is 0. The van der Waals surface area contributed by atoms with Gasteiger partial charge in [0.1, 0.15) is 4.88 Å². The summed E-state index contributed by atoms with van der Waals surface area (Å²) < 4.78 is 0. The first-order valence-electron chi connectivity index (χ1n) is 5.44. The quantitative estimate of drug-likeness (QED) is 0.874. The number of carbonyl (C=O) groups is 2. The van der Waals surface area contributed by atoms with Crippen LogP contribution < -0.4 is 5.32 Å². The van der Waals surface area contributed by atoms with Gasteiger partial charge in [0.25, 0.3) is 5.91 Å². The Morgan fingerprint density at radius 1 is 1.47 bits per heavy atom. The molecule has 100 valence electrons. The smallest absolute Gasteiger partial charge is 0.355 e. The minimum atomic E-state index is -1.02. The summed E-state index contributed by atoms with van der Waals surface area (Å²) >= 11 is 2.61. The van der Waals surface area contributed by atoms with E-state index < -0.39 is 5.97 Å². The van der Waals surface area contributed by atoms with Crippen molar-refractivity contribution in [1.82, 2.24) is 15.3 Å². The van der Waals surface area contributed by atoms with Gasteiger partial charge in [-0.05, 0) is 6.92 Å². The fourth-order valence-electron chi connectivity index (χ4n) is 1.45. The van der Waals surface area contributed by atoms with E-state index in [-0.39, 0.29) is 11.6 Å². The number of aryl methyl sites for hydroxylation is 1. The molecule has 1 amide bonds. The van der Waals surface area contributed by atoms with Gasteiger partial charge in [0.2, 0.25) is 0 Å². The van der Waals surface area contributed by atoms with Crippen LogP contribution in [0.4, 0.5) is 0 Å². The van der Waals surface area contributed by atoms with Crippen LogP contribution in [0.5, 0.6) is 0 Å². The number of thiazole rings is 2. The second kappa shape index (κ2) is 5.89. The lowest BCUT2D eigenvalue weighted by Crippen LogP contribution is -2.24. The van der Waals surface area contributed by atoms with Crippen LogP contribution in [0.1, 0.15) is 30.0 Å². The maximum Gasteiger partial charge on any atom is 0.355 e. The number of aromatic nitrogens is 2. The van der Waals surface area contributed by atoms with Gasteiger partial charge < -0.3 is 10.4 Å². The standard InChI is InChI=1S/C11H11N3O3S2/c1-6-9(11(16)17)14-8(19-6)2-3-13-10(15)7-4-12-5-18-7/h4-5H,2-3H2,1H3,(H,13,15)(H,16,17). The zero-order valence-corrected chi connectivity index (χ0v) is 11.7. The largest absolute Gasteiger partial charge is 0.476 e. The predicted molar refractivity (Wildman–Crippen MR) is 72.0 cm³/mol. The number of carboxylic acids is 1. The van der Waals surface area contributed by atoms with Gasteiger partial charge in [0, 0.05) is 17.8 Å². The van der Waals surface area contributed by atoms with Gasteiger partial charge in [-0.1, -0.05) is 0 Å². The third kappa shape index (κ3) is 3.36. The van der Waals surface area contributed by atoms with Gasteiger partial charge >= 0.3 is 5.97 Å². The van der Waals surface area contributed by atoms with Crippen molar-refractivity contribution in [2.24, 2.45) is 0 Å². The summed E-state index contributed by atoms with van der Waals surface area (Å²) in [5, 5.41) is 12.3.